The zero-order valence-corrected chi connectivity index (χ0v) is 15.9. The summed E-state index contributed by atoms with van der Waals surface area (Å²) in [6.45, 7) is 9.51. The van der Waals surface area contributed by atoms with E-state index in [0.29, 0.717) is 36.4 Å². The molecule has 1 N–H and O–H groups in total. The SMILES string of the molecule is CCOC(=O)c1[nH]c(C)c(C(=O)C(C)N(CCCOC)C(C)=O)c1C. The molecule has 0 fully saturated rings. The van der Waals surface area contributed by atoms with E-state index in [-0.39, 0.29) is 24.0 Å². The number of aryl methyl sites for hydroxylation is 1. The molecule has 0 bridgehead atoms. The lowest BCUT2D eigenvalue weighted by Gasteiger charge is -2.27. The summed E-state index contributed by atoms with van der Waals surface area (Å²) in [6.07, 6.45) is 0.646. The summed E-state index contributed by atoms with van der Waals surface area (Å²) in [7, 11) is 1.59. The van der Waals surface area contributed by atoms with E-state index in [4.69, 9.17) is 9.47 Å². The van der Waals surface area contributed by atoms with Crippen LogP contribution in [0.25, 0.3) is 0 Å². The molecule has 0 saturated carbocycles. The number of methoxy groups -OCH3 is 1. The van der Waals surface area contributed by atoms with Gasteiger partial charge in [-0.15, -0.1) is 0 Å². The molecule has 0 aliphatic heterocycles. The number of nitrogens with zero attached hydrogens (tertiary/aromatic N) is 1. The molecular weight excluding hydrogens is 324 g/mol. The van der Waals surface area contributed by atoms with E-state index in [1.165, 1.54) is 11.8 Å². The van der Waals surface area contributed by atoms with Crippen molar-refractivity contribution in [1.29, 1.82) is 0 Å². The first-order valence-corrected chi connectivity index (χ1v) is 8.42. The van der Waals surface area contributed by atoms with Crippen molar-refractivity contribution in [3.63, 3.8) is 0 Å². The Kier molecular flexibility index (Phi) is 7.83. The lowest BCUT2D eigenvalue weighted by molar-refractivity contribution is -0.130. The number of hydrogen-bond acceptors (Lipinski definition) is 5. The fourth-order valence-corrected chi connectivity index (χ4v) is 2.88. The maximum atomic E-state index is 13.0. The summed E-state index contributed by atoms with van der Waals surface area (Å²) in [5, 5.41) is 0. The van der Waals surface area contributed by atoms with E-state index in [9.17, 15) is 14.4 Å². The monoisotopic (exact) mass is 352 g/mol. The van der Waals surface area contributed by atoms with Crippen molar-refractivity contribution in [2.75, 3.05) is 26.9 Å². The quantitative estimate of drug-likeness (QED) is 0.418. The first-order valence-electron chi connectivity index (χ1n) is 8.42. The fourth-order valence-electron chi connectivity index (χ4n) is 2.88. The Balaban J connectivity index is 3.08. The van der Waals surface area contributed by atoms with Gasteiger partial charge in [0.05, 0.1) is 12.6 Å². The van der Waals surface area contributed by atoms with Crippen LogP contribution < -0.4 is 0 Å². The average molecular weight is 352 g/mol. The number of carbonyl (C=O) groups is 3. The normalized spacial score (nSPS) is 11.9. The second-order valence-corrected chi connectivity index (χ2v) is 5.94. The van der Waals surface area contributed by atoms with E-state index < -0.39 is 12.0 Å². The molecule has 0 radical (unpaired) electrons. The van der Waals surface area contributed by atoms with Crippen LogP contribution in [-0.2, 0) is 14.3 Å². The molecule has 1 aromatic rings. The van der Waals surface area contributed by atoms with Gasteiger partial charge in [0.15, 0.2) is 5.78 Å². The number of aromatic nitrogens is 1. The molecule has 0 spiro atoms. The van der Waals surface area contributed by atoms with Crippen molar-refractivity contribution in [2.24, 2.45) is 0 Å². The van der Waals surface area contributed by atoms with Crippen molar-refractivity contribution >= 4 is 17.7 Å². The van der Waals surface area contributed by atoms with Crippen molar-refractivity contribution < 1.29 is 23.9 Å². The highest BCUT2D eigenvalue weighted by Gasteiger charge is 2.29. The summed E-state index contributed by atoms with van der Waals surface area (Å²) < 4.78 is 10.0. The highest BCUT2D eigenvalue weighted by molar-refractivity contribution is 6.06. The highest BCUT2D eigenvalue weighted by atomic mass is 16.5. The van der Waals surface area contributed by atoms with E-state index in [1.807, 2.05) is 0 Å². The van der Waals surface area contributed by atoms with Crippen molar-refractivity contribution in [3.8, 4) is 0 Å². The number of H-pyrrole nitrogens is 1. The molecule has 140 valence electrons. The van der Waals surface area contributed by atoms with Crippen LogP contribution in [0.15, 0.2) is 0 Å². The number of rotatable bonds is 9. The van der Waals surface area contributed by atoms with Crippen LogP contribution in [0, 0.1) is 13.8 Å². The number of carbonyl (C=O) groups excluding carboxylic acids is 3. The van der Waals surface area contributed by atoms with Gasteiger partial charge in [-0.2, -0.15) is 0 Å². The third-order valence-corrected chi connectivity index (χ3v) is 4.16. The zero-order chi connectivity index (χ0) is 19.1. The first-order chi connectivity index (χ1) is 11.8. The number of hydrogen-bond donors (Lipinski definition) is 1. The minimum atomic E-state index is -0.627. The lowest BCUT2D eigenvalue weighted by atomic mass is 9.99. The Labute approximate surface area is 148 Å². The second kappa shape index (κ2) is 9.36. The number of ether oxygens (including phenoxy) is 2. The Bertz CT molecular complexity index is 636. The van der Waals surface area contributed by atoms with E-state index in [0.717, 1.165) is 0 Å². The van der Waals surface area contributed by atoms with Crippen LogP contribution in [0.1, 0.15) is 59.3 Å². The number of Topliss-reactive ketones (excluding diaryl/α,β-unsaturated/α-hetero) is 1. The predicted molar refractivity (Wildman–Crippen MR) is 93.9 cm³/mol. The van der Waals surface area contributed by atoms with Crippen molar-refractivity contribution in [3.05, 3.63) is 22.5 Å². The van der Waals surface area contributed by atoms with Crippen LogP contribution in [0.2, 0.25) is 0 Å². The number of ketones is 1. The molecule has 1 aromatic heterocycles. The third kappa shape index (κ3) is 4.92. The molecule has 1 rings (SSSR count). The van der Waals surface area contributed by atoms with Gasteiger partial charge < -0.3 is 19.4 Å². The molecule has 0 aliphatic carbocycles. The van der Waals surface area contributed by atoms with E-state index >= 15 is 0 Å². The van der Waals surface area contributed by atoms with E-state index in [1.54, 1.807) is 34.8 Å². The molecular formula is C18H28N2O5. The Morgan fingerprint density at radius 3 is 2.40 bits per heavy atom. The number of esters is 1. The summed E-state index contributed by atoms with van der Waals surface area (Å²) in [6, 6.07) is -0.627. The van der Waals surface area contributed by atoms with Crippen LogP contribution in [0.5, 0.6) is 0 Å². The molecule has 25 heavy (non-hydrogen) atoms. The van der Waals surface area contributed by atoms with Gasteiger partial charge in [-0.1, -0.05) is 0 Å². The lowest BCUT2D eigenvalue weighted by Crippen LogP contribution is -2.43. The summed E-state index contributed by atoms with van der Waals surface area (Å²) >= 11 is 0. The Morgan fingerprint density at radius 2 is 1.88 bits per heavy atom. The third-order valence-electron chi connectivity index (χ3n) is 4.16. The minimum absolute atomic E-state index is 0.173. The summed E-state index contributed by atoms with van der Waals surface area (Å²) in [4.78, 5) is 41.4. The average Bonchev–Trinajstić information content (AvgIpc) is 2.85. The van der Waals surface area contributed by atoms with Gasteiger partial charge in [0, 0.05) is 38.4 Å². The molecule has 0 aliphatic rings. The first kappa shape index (κ1) is 20.9. The van der Waals surface area contributed by atoms with Crippen LogP contribution >= 0.6 is 0 Å². The maximum Gasteiger partial charge on any atom is 0.355 e. The molecule has 0 aromatic carbocycles. The molecule has 0 saturated heterocycles. The van der Waals surface area contributed by atoms with Gasteiger partial charge in [-0.05, 0) is 39.7 Å². The van der Waals surface area contributed by atoms with Gasteiger partial charge in [-0.3, -0.25) is 9.59 Å². The fraction of sp³-hybridized carbons (Fsp3) is 0.611. The van der Waals surface area contributed by atoms with E-state index in [2.05, 4.69) is 4.98 Å². The predicted octanol–water partition coefficient (Wildman–Crippen LogP) is 2.26. The van der Waals surface area contributed by atoms with Crippen molar-refractivity contribution in [1.82, 2.24) is 9.88 Å². The number of nitrogens with one attached hydrogen (secondary N) is 1. The smallest absolute Gasteiger partial charge is 0.355 e. The molecule has 7 nitrogen and oxygen atoms in total. The van der Waals surface area contributed by atoms with Gasteiger partial charge in [0.2, 0.25) is 5.91 Å². The molecule has 1 unspecified atom stereocenters. The molecule has 7 heteroatoms. The van der Waals surface area contributed by atoms with Crippen LogP contribution in [0.4, 0.5) is 0 Å². The van der Waals surface area contributed by atoms with Gasteiger partial charge in [0.25, 0.3) is 0 Å². The van der Waals surface area contributed by atoms with Crippen LogP contribution in [0.3, 0.4) is 0 Å². The number of aromatic amines is 1. The molecule has 1 heterocycles. The second-order valence-electron chi connectivity index (χ2n) is 5.94. The highest BCUT2D eigenvalue weighted by Crippen LogP contribution is 2.22. The minimum Gasteiger partial charge on any atom is -0.461 e. The zero-order valence-electron chi connectivity index (χ0n) is 15.9. The Hall–Kier alpha value is -2.15. The van der Waals surface area contributed by atoms with Gasteiger partial charge in [0.1, 0.15) is 5.69 Å². The Morgan fingerprint density at radius 1 is 1.24 bits per heavy atom. The van der Waals surface area contributed by atoms with Crippen molar-refractivity contribution in [2.45, 2.75) is 47.1 Å². The van der Waals surface area contributed by atoms with Crippen LogP contribution in [-0.4, -0.2) is 60.5 Å². The topological polar surface area (TPSA) is 88.7 Å². The van der Waals surface area contributed by atoms with Gasteiger partial charge in [-0.25, -0.2) is 4.79 Å². The van der Waals surface area contributed by atoms with Gasteiger partial charge >= 0.3 is 5.97 Å². The molecule has 1 amide bonds. The summed E-state index contributed by atoms with van der Waals surface area (Å²) in [5.74, 6) is -0.860. The largest absolute Gasteiger partial charge is 0.461 e. The standard InChI is InChI=1S/C18H28N2O5/c1-7-25-18(23)16-11(2)15(12(3)19-16)17(22)13(4)20(14(5)21)9-8-10-24-6/h13,19H,7-10H2,1-6H3. The molecule has 1 atom stereocenters. The number of amides is 1. The maximum absolute atomic E-state index is 13.0. The summed E-state index contributed by atoms with van der Waals surface area (Å²) in [5.41, 5.74) is 1.86.